The normalized spacial score (nSPS) is 15.7. The molecule has 1 fully saturated rings. The highest BCUT2D eigenvalue weighted by Crippen LogP contribution is 2.27. The van der Waals surface area contributed by atoms with Gasteiger partial charge in [0.1, 0.15) is 0 Å². The van der Waals surface area contributed by atoms with Gasteiger partial charge in [-0.2, -0.15) is 5.10 Å². The minimum absolute atomic E-state index is 0.0241. The van der Waals surface area contributed by atoms with Crippen molar-refractivity contribution >= 4 is 17.6 Å². The molecule has 2 heterocycles. The standard InChI is InChI=1S/C16H18ClN3O3/c1-19-15(9-14(18-19)16(21)22)11-2-3-12(13(17)8-11)10-20-4-6-23-7-5-20/h2-3,8-9H,4-7,10H2,1H3,(H,21,22). The van der Waals surface area contributed by atoms with E-state index in [1.165, 1.54) is 0 Å². The number of carboxylic acid groups (broad SMARTS) is 1. The maximum Gasteiger partial charge on any atom is 0.356 e. The lowest BCUT2D eigenvalue weighted by atomic mass is 10.1. The quantitative estimate of drug-likeness (QED) is 0.928. The second-order valence-corrected chi connectivity index (χ2v) is 5.95. The summed E-state index contributed by atoms with van der Waals surface area (Å²) in [5, 5.41) is 13.7. The van der Waals surface area contributed by atoms with Gasteiger partial charge in [-0.1, -0.05) is 23.7 Å². The molecule has 1 aliphatic rings. The van der Waals surface area contributed by atoms with Gasteiger partial charge >= 0.3 is 5.97 Å². The Labute approximate surface area is 139 Å². The number of rotatable bonds is 4. The molecular formula is C16H18ClN3O3. The summed E-state index contributed by atoms with van der Waals surface area (Å²) >= 11 is 6.42. The van der Waals surface area contributed by atoms with Crippen LogP contribution in [0.2, 0.25) is 5.02 Å². The SMILES string of the molecule is Cn1nc(C(=O)O)cc1-c1ccc(CN2CCOCC2)c(Cl)c1. The molecule has 0 saturated carbocycles. The Hall–Kier alpha value is -1.89. The number of nitrogens with zero attached hydrogens (tertiary/aromatic N) is 3. The summed E-state index contributed by atoms with van der Waals surface area (Å²) in [4.78, 5) is 13.3. The predicted molar refractivity (Wildman–Crippen MR) is 86.7 cm³/mol. The van der Waals surface area contributed by atoms with Gasteiger partial charge < -0.3 is 9.84 Å². The van der Waals surface area contributed by atoms with E-state index in [1.807, 2.05) is 18.2 Å². The van der Waals surface area contributed by atoms with Crippen LogP contribution in [0.1, 0.15) is 16.1 Å². The predicted octanol–water partition coefficient (Wildman–Crippen LogP) is 2.27. The van der Waals surface area contributed by atoms with Gasteiger partial charge in [-0.05, 0) is 17.7 Å². The number of halogens is 1. The van der Waals surface area contributed by atoms with Crippen molar-refractivity contribution in [1.29, 1.82) is 0 Å². The Morgan fingerprint density at radius 1 is 1.35 bits per heavy atom. The fraction of sp³-hybridized carbons (Fsp3) is 0.375. The fourth-order valence-electron chi connectivity index (χ4n) is 2.68. The summed E-state index contributed by atoms with van der Waals surface area (Å²) in [6, 6.07) is 7.35. The minimum Gasteiger partial charge on any atom is -0.476 e. The summed E-state index contributed by atoms with van der Waals surface area (Å²) in [5.74, 6) is -1.04. The smallest absolute Gasteiger partial charge is 0.356 e. The zero-order chi connectivity index (χ0) is 16.4. The van der Waals surface area contributed by atoms with Crippen LogP contribution in [0.3, 0.4) is 0 Å². The first-order valence-corrected chi connectivity index (χ1v) is 7.78. The van der Waals surface area contributed by atoms with Gasteiger partial charge in [-0.25, -0.2) is 4.79 Å². The van der Waals surface area contributed by atoms with E-state index >= 15 is 0 Å². The second kappa shape index (κ2) is 6.70. The number of morpholine rings is 1. The Morgan fingerprint density at radius 2 is 2.09 bits per heavy atom. The van der Waals surface area contributed by atoms with Crippen LogP contribution in [-0.2, 0) is 18.3 Å². The Kier molecular flexibility index (Phi) is 4.66. The van der Waals surface area contributed by atoms with Crippen molar-refractivity contribution in [1.82, 2.24) is 14.7 Å². The zero-order valence-corrected chi connectivity index (χ0v) is 13.6. The van der Waals surface area contributed by atoms with Crippen molar-refractivity contribution in [3.8, 4) is 11.3 Å². The Bertz CT molecular complexity index is 723. The average molecular weight is 336 g/mol. The molecule has 0 bridgehead atoms. The van der Waals surface area contributed by atoms with Gasteiger partial charge in [0, 0.05) is 37.3 Å². The van der Waals surface area contributed by atoms with Crippen molar-refractivity contribution in [2.75, 3.05) is 26.3 Å². The van der Waals surface area contributed by atoms with Crippen LogP contribution in [0.5, 0.6) is 0 Å². The van der Waals surface area contributed by atoms with E-state index in [1.54, 1.807) is 17.8 Å². The summed E-state index contributed by atoms with van der Waals surface area (Å²) in [7, 11) is 1.72. The van der Waals surface area contributed by atoms with Crippen molar-refractivity contribution < 1.29 is 14.6 Å². The van der Waals surface area contributed by atoms with E-state index in [2.05, 4.69) is 10.00 Å². The molecule has 2 aromatic rings. The van der Waals surface area contributed by atoms with Crippen LogP contribution in [0.4, 0.5) is 0 Å². The van der Waals surface area contributed by atoms with Crippen molar-refractivity contribution in [3.63, 3.8) is 0 Å². The third-order valence-corrected chi connectivity index (χ3v) is 4.30. The molecule has 0 spiro atoms. The van der Waals surface area contributed by atoms with Gasteiger partial charge in [-0.15, -0.1) is 0 Å². The van der Waals surface area contributed by atoms with Crippen LogP contribution >= 0.6 is 11.6 Å². The molecule has 1 aromatic heterocycles. The van der Waals surface area contributed by atoms with Crippen LogP contribution in [0, 0.1) is 0 Å². The molecule has 1 N–H and O–H groups in total. The van der Waals surface area contributed by atoms with E-state index in [0.717, 1.165) is 49.7 Å². The van der Waals surface area contributed by atoms with E-state index in [-0.39, 0.29) is 5.69 Å². The lowest BCUT2D eigenvalue weighted by molar-refractivity contribution is 0.0342. The van der Waals surface area contributed by atoms with Crippen molar-refractivity contribution in [2.45, 2.75) is 6.54 Å². The lowest BCUT2D eigenvalue weighted by Crippen LogP contribution is -2.35. The highest BCUT2D eigenvalue weighted by Gasteiger charge is 2.15. The number of ether oxygens (including phenoxy) is 1. The molecule has 1 saturated heterocycles. The molecule has 0 atom stereocenters. The second-order valence-electron chi connectivity index (χ2n) is 5.54. The van der Waals surface area contributed by atoms with Gasteiger partial charge in [0.25, 0.3) is 0 Å². The molecule has 0 aliphatic carbocycles. The van der Waals surface area contributed by atoms with Crippen molar-refractivity contribution in [2.24, 2.45) is 7.05 Å². The van der Waals surface area contributed by atoms with Crippen LogP contribution in [-0.4, -0.2) is 52.1 Å². The number of carbonyl (C=O) groups is 1. The minimum atomic E-state index is -1.04. The Balaban J connectivity index is 1.82. The topological polar surface area (TPSA) is 67.6 Å². The van der Waals surface area contributed by atoms with Crippen molar-refractivity contribution in [3.05, 3.63) is 40.5 Å². The van der Waals surface area contributed by atoms with E-state index in [9.17, 15) is 4.79 Å². The van der Waals surface area contributed by atoms with Crippen LogP contribution in [0.25, 0.3) is 11.3 Å². The van der Waals surface area contributed by atoms with E-state index in [4.69, 9.17) is 21.4 Å². The van der Waals surface area contributed by atoms with Gasteiger partial charge in [-0.3, -0.25) is 9.58 Å². The summed E-state index contributed by atoms with van der Waals surface area (Å²) in [6.45, 7) is 4.10. The van der Waals surface area contributed by atoms with Crippen LogP contribution in [0.15, 0.2) is 24.3 Å². The van der Waals surface area contributed by atoms with E-state index < -0.39 is 5.97 Å². The number of aryl methyl sites for hydroxylation is 1. The average Bonchev–Trinajstić information content (AvgIpc) is 2.93. The van der Waals surface area contributed by atoms with Gasteiger partial charge in [0.05, 0.1) is 18.9 Å². The maximum atomic E-state index is 11.0. The number of aromatic carboxylic acids is 1. The third-order valence-electron chi connectivity index (χ3n) is 3.95. The van der Waals surface area contributed by atoms with Gasteiger partial charge in [0.2, 0.25) is 0 Å². The first-order chi connectivity index (χ1) is 11.0. The molecule has 1 aliphatic heterocycles. The van der Waals surface area contributed by atoms with Gasteiger partial charge in [0.15, 0.2) is 5.69 Å². The number of benzene rings is 1. The number of carboxylic acids is 1. The number of hydrogen-bond donors (Lipinski definition) is 1. The molecule has 0 unspecified atom stereocenters. The molecule has 23 heavy (non-hydrogen) atoms. The molecule has 6 nitrogen and oxygen atoms in total. The highest BCUT2D eigenvalue weighted by atomic mass is 35.5. The first-order valence-electron chi connectivity index (χ1n) is 7.41. The maximum absolute atomic E-state index is 11.0. The highest BCUT2D eigenvalue weighted by molar-refractivity contribution is 6.31. The molecule has 1 aromatic carbocycles. The first kappa shape index (κ1) is 16.0. The van der Waals surface area contributed by atoms with E-state index in [0.29, 0.717) is 5.02 Å². The van der Waals surface area contributed by atoms with Crippen LogP contribution < -0.4 is 0 Å². The monoisotopic (exact) mass is 335 g/mol. The summed E-state index contributed by atoms with van der Waals surface area (Å²) in [6.07, 6.45) is 0. The molecule has 122 valence electrons. The molecule has 7 heteroatoms. The largest absolute Gasteiger partial charge is 0.476 e. The number of aromatic nitrogens is 2. The summed E-state index contributed by atoms with van der Waals surface area (Å²) in [5.41, 5.74) is 2.65. The molecule has 3 rings (SSSR count). The summed E-state index contributed by atoms with van der Waals surface area (Å²) < 4.78 is 6.90. The third kappa shape index (κ3) is 3.55. The molecule has 0 amide bonds. The fourth-order valence-corrected chi connectivity index (χ4v) is 2.92. The Morgan fingerprint density at radius 3 is 2.70 bits per heavy atom. The molecular weight excluding hydrogens is 318 g/mol. The number of hydrogen-bond acceptors (Lipinski definition) is 4. The zero-order valence-electron chi connectivity index (χ0n) is 12.8. The lowest BCUT2D eigenvalue weighted by Gasteiger charge is -2.27. The molecule has 0 radical (unpaired) electrons.